The summed E-state index contributed by atoms with van der Waals surface area (Å²) in [5, 5.41) is 5.99. The van der Waals surface area contributed by atoms with Gasteiger partial charge in [-0.25, -0.2) is 19.8 Å². The smallest absolute Gasteiger partial charge is 0.274 e. The Labute approximate surface area is 145 Å². The fourth-order valence-corrected chi connectivity index (χ4v) is 3.86. The maximum absolute atomic E-state index is 11.1. The van der Waals surface area contributed by atoms with Crippen LogP contribution in [-0.4, -0.2) is 38.0 Å². The topological polar surface area (TPSA) is 114 Å². The fraction of sp³-hybridized carbons (Fsp3) is 0.375. The second kappa shape index (κ2) is 6.25. The molecule has 0 radical (unpaired) electrons. The number of hydrogen-bond acceptors (Lipinski definition) is 6. The Balaban J connectivity index is 1.65. The van der Waals surface area contributed by atoms with E-state index < -0.39 is 10.2 Å². The van der Waals surface area contributed by atoms with E-state index in [4.69, 9.17) is 9.56 Å². The molecular weight excluding hydrogens is 342 g/mol. The van der Waals surface area contributed by atoms with E-state index in [9.17, 15) is 8.42 Å². The van der Waals surface area contributed by atoms with Crippen molar-refractivity contribution in [1.29, 1.82) is 0 Å². The molecule has 3 aromatic rings. The Morgan fingerprint density at radius 2 is 2.16 bits per heavy atom. The van der Waals surface area contributed by atoms with Crippen molar-refractivity contribution in [3.05, 3.63) is 30.6 Å². The molecule has 0 spiro atoms. The molecule has 1 fully saturated rings. The van der Waals surface area contributed by atoms with Crippen LogP contribution < -0.4 is 14.8 Å². The molecule has 1 unspecified atom stereocenters. The van der Waals surface area contributed by atoms with Crippen molar-refractivity contribution >= 4 is 38.1 Å². The molecule has 1 aliphatic heterocycles. The molecule has 1 aliphatic rings. The van der Waals surface area contributed by atoms with E-state index in [2.05, 4.69) is 19.6 Å². The van der Waals surface area contributed by atoms with Crippen molar-refractivity contribution in [1.82, 2.24) is 14.7 Å². The normalized spacial score (nSPS) is 18.9. The number of aromatic nitrogens is 2. The van der Waals surface area contributed by atoms with Crippen molar-refractivity contribution in [2.24, 2.45) is 11.1 Å². The summed E-state index contributed by atoms with van der Waals surface area (Å²) in [6.07, 6.45) is 3.43. The molecular formula is C16H19N5O3S. The molecule has 9 heteroatoms. The number of nitrogens with zero attached hydrogens (tertiary/aromatic N) is 3. The molecule has 3 N–H and O–H groups in total. The van der Waals surface area contributed by atoms with Crippen molar-refractivity contribution in [2.75, 3.05) is 24.5 Å². The number of para-hydroxylation sites is 1. The van der Waals surface area contributed by atoms with Gasteiger partial charge in [-0.2, -0.15) is 8.42 Å². The largest absolute Gasteiger partial charge is 0.450 e. The van der Waals surface area contributed by atoms with E-state index >= 15 is 0 Å². The van der Waals surface area contributed by atoms with Crippen LogP contribution in [0.4, 0.5) is 5.82 Å². The summed E-state index contributed by atoms with van der Waals surface area (Å²) in [6.45, 7) is 1.85. The molecule has 0 amide bonds. The summed E-state index contributed by atoms with van der Waals surface area (Å²) in [5.41, 5.74) is 2.25. The fourth-order valence-electron chi connectivity index (χ4n) is 3.39. The monoisotopic (exact) mass is 361 g/mol. The van der Waals surface area contributed by atoms with Crippen LogP contribution in [0.5, 0.6) is 0 Å². The van der Waals surface area contributed by atoms with E-state index in [1.54, 1.807) is 6.33 Å². The van der Waals surface area contributed by atoms with Crippen molar-refractivity contribution in [3.63, 3.8) is 0 Å². The zero-order valence-electron chi connectivity index (χ0n) is 13.6. The van der Waals surface area contributed by atoms with E-state index in [-0.39, 0.29) is 5.92 Å². The highest BCUT2D eigenvalue weighted by Crippen LogP contribution is 2.33. The summed E-state index contributed by atoms with van der Waals surface area (Å²) in [5.74, 6) is 0.919. The number of benzene rings is 1. The Kier molecular flexibility index (Phi) is 4.06. The Bertz CT molecular complexity index is 1020. The minimum absolute atomic E-state index is 0.168. The predicted molar refractivity (Wildman–Crippen MR) is 95.4 cm³/mol. The van der Waals surface area contributed by atoms with Crippen molar-refractivity contribution in [3.8, 4) is 0 Å². The van der Waals surface area contributed by atoms with E-state index in [0.29, 0.717) is 18.7 Å². The standard InChI is InChI=1S/C16H19N5O3S/c17-25(22,23)20-8-11-4-3-7-21(9-11)16-15-14(18-10-19-16)12-5-1-2-6-13(12)24-15/h1-2,5-6,10-11,20H,3-4,7-9H2,(H2,17,22,23). The van der Waals surface area contributed by atoms with Gasteiger partial charge in [0.25, 0.3) is 10.2 Å². The van der Waals surface area contributed by atoms with Gasteiger partial charge < -0.3 is 9.32 Å². The zero-order chi connectivity index (χ0) is 17.4. The first-order valence-corrected chi connectivity index (χ1v) is 9.70. The van der Waals surface area contributed by atoms with Crippen LogP contribution in [0.1, 0.15) is 12.8 Å². The van der Waals surface area contributed by atoms with E-state index in [0.717, 1.165) is 41.7 Å². The molecule has 132 valence electrons. The highest BCUT2D eigenvalue weighted by atomic mass is 32.2. The highest BCUT2D eigenvalue weighted by molar-refractivity contribution is 7.87. The molecule has 1 atom stereocenters. The number of fused-ring (bicyclic) bond motifs is 3. The van der Waals surface area contributed by atoms with Gasteiger partial charge in [-0.3, -0.25) is 0 Å². The third kappa shape index (κ3) is 3.30. The van der Waals surface area contributed by atoms with Crippen molar-refractivity contribution < 1.29 is 12.8 Å². The summed E-state index contributed by atoms with van der Waals surface area (Å²) < 4.78 is 30.6. The lowest BCUT2D eigenvalue weighted by Gasteiger charge is -2.33. The van der Waals surface area contributed by atoms with Crippen LogP contribution in [0.15, 0.2) is 35.0 Å². The first kappa shape index (κ1) is 16.2. The Morgan fingerprint density at radius 3 is 3.00 bits per heavy atom. The number of piperidine rings is 1. The maximum Gasteiger partial charge on any atom is 0.274 e. The number of hydrogen-bond donors (Lipinski definition) is 2. The average molecular weight is 361 g/mol. The first-order valence-electron chi connectivity index (χ1n) is 8.16. The van der Waals surface area contributed by atoms with Crippen LogP contribution in [0.3, 0.4) is 0 Å². The number of furan rings is 1. The van der Waals surface area contributed by atoms with Crippen LogP contribution in [0.2, 0.25) is 0 Å². The lowest BCUT2D eigenvalue weighted by Crippen LogP contribution is -2.42. The van der Waals surface area contributed by atoms with Gasteiger partial charge in [0.05, 0.1) is 0 Å². The molecule has 25 heavy (non-hydrogen) atoms. The first-order chi connectivity index (χ1) is 12.0. The van der Waals surface area contributed by atoms with Gasteiger partial charge in [0, 0.05) is 25.0 Å². The Morgan fingerprint density at radius 1 is 1.32 bits per heavy atom. The SMILES string of the molecule is NS(=O)(=O)NCC1CCCN(c2ncnc3c2oc2ccccc23)C1. The zero-order valence-corrected chi connectivity index (χ0v) is 14.4. The lowest BCUT2D eigenvalue weighted by molar-refractivity contribution is 0.409. The van der Waals surface area contributed by atoms with Gasteiger partial charge in [-0.05, 0) is 30.9 Å². The van der Waals surface area contributed by atoms with Gasteiger partial charge in [0.2, 0.25) is 0 Å². The van der Waals surface area contributed by atoms with E-state index in [1.807, 2.05) is 24.3 Å². The second-order valence-electron chi connectivity index (χ2n) is 6.32. The third-order valence-electron chi connectivity index (χ3n) is 4.53. The van der Waals surface area contributed by atoms with Gasteiger partial charge in [-0.1, -0.05) is 12.1 Å². The highest BCUT2D eigenvalue weighted by Gasteiger charge is 2.25. The minimum Gasteiger partial charge on any atom is -0.450 e. The minimum atomic E-state index is -3.67. The molecule has 0 bridgehead atoms. The predicted octanol–water partition coefficient (Wildman–Crippen LogP) is 1.39. The molecule has 0 saturated carbocycles. The number of anilines is 1. The number of rotatable bonds is 4. The number of nitrogens with one attached hydrogen (secondary N) is 1. The molecule has 0 aliphatic carbocycles. The third-order valence-corrected chi connectivity index (χ3v) is 5.10. The van der Waals surface area contributed by atoms with Gasteiger partial charge in [0.1, 0.15) is 17.4 Å². The van der Waals surface area contributed by atoms with Crippen molar-refractivity contribution in [2.45, 2.75) is 12.8 Å². The molecule has 8 nitrogen and oxygen atoms in total. The Hall–Kier alpha value is -2.23. The van der Waals surface area contributed by atoms with Crippen LogP contribution in [0, 0.1) is 5.92 Å². The van der Waals surface area contributed by atoms with Crippen LogP contribution in [0.25, 0.3) is 22.1 Å². The molecule has 1 aromatic carbocycles. The maximum atomic E-state index is 11.1. The molecule has 4 rings (SSSR count). The van der Waals surface area contributed by atoms with Gasteiger partial charge in [0.15, 0.2) is 11.4 Å². The summed E-state index contributed by atoms with van der Waals surface area (Å²) >= 11 is 0. The summed E-state index contributed by atoms with van der Waals surface area (Å²) in [6, 6.07) is 7.77. The lowest BCUT2D eigenvalue weighted by atomic mass is 9.98. The number of nitrogens with two attached hydrogens (primary N) is 1. The summed E-state index contributed by atoms with van der Waals surface area (Å²) in [4.78, 5) is 10.9. The molecule has 2 aromatic heterocycles. The average Bonchev–Trinajstić information content (AvgIpc) is 2.98. The second-order valence-corrected chi connectivity index (χ2v) is 7.70. The summed E-state index contributed by atoms with van der Waals surface area (Å²) in [7, 11) is -3.67. The molecule has 3 heterocycles. The van der Waals surface area contributed by atoms with Gasteiger partial charge in [-0.15, -0.1) is 0 Å². The van der Waals surface area contributed by atoms with Crippen LogP contribution >= 0.6 is 0 Å². The van der Waals surface area contributed by atoms with Crippen LogP contribution in [-0.2, 0) is 10.2 Å². The quantitative estimate of drug-likeness (QED) is 0.726. The van der Waals surface area contributed by atoms with Gasteiger partial charge >= 0.3 is 0 Å². The molecule has 1 saturated heterocycles. The van der Waals surface area contributed by atoms with E-state index in [1.165, 1.54) is 0 Å².